The maximum Gasteiger partial charge on any atom is 0.408 e. The monoisotopic (exact) mass is 317 g/mol. The fourth-order valence-corrected chi connectivity index (χ4v) is 2.21. The minimum atomic E-state index is -1.01. The van der Waals surface area contributed by atoms with Crippen LogP contribution in [-0.4, -0.2) is 26.9 Å². The number of aliphatic carboxylic acids is 1. The lowest BCUT2D eigenvalue weighted by molar-refractivity contribution is -0.137. The van der Waals surface area contributed by atoms with Crippen molar-refractivity contribution in [1.29, 1.82) is 0 Å². The van der Waals surface area contributed by atoms with Crippen molar-refractivity contribution >= 4 is 12.1 Å². The first-order valence-corrected chi connectivity index (χ1v) is 7.31. The van der Waals surface area contributed by atoms with Crippen molar-refractivity contribution in [3.05, 3.63) is 53.9 Å². The van der Waals surface area contributed by atoms with Gasteiger partial charge >= 0.3 is 12.1 Å². The van der Waals surface area contributed by atoms with Crippen molar-refractivity contribution in [1.82, 2.24) is 15.1 Å². The van der Waals surface area contributed by atoms with E-state index in [1.54, 1.807) is 16.9 Å². The predicted octanol–water partition coefficient (Wildman–Crippen LogP) is 2.35. The Hall–Kier alpha value is -2.83. The molecule has 1 atom stereocenters. The Kier molecular flexibility index (Phi) is 5.74. The smallest absolute Gasteiger partial charge is 0.408 e. The number of aromatic nitrogens is 2. The summed E-state index contributed by atoms with van der Waals surface area (Å²) in [6.07, 6.45) is 0.667. The van der Waals surface area contributed by atoms with Gasteiger partial charge in [-0.3, -0.25) is 9.48 Å². The van der Waals surface area contributed by atoms with Gasteiger partial charge in [-0.1, -0.05) is 30.3 Å². The average Bonchev–Trinajstić information content (AvgIpc) is 3.01. The number of carbonyl (C=O) groups is 2. The van der Waals surface area contributed by atoms with Gasteiger partial charge in [0.25, 0.3) is 0 Å². The van der Waals surface area contributed by atoms with Crippen LogP contribution in [0.3, 0.4) is 0 Å². The van der Waals surface area contributed by atoms with Crippen LogP contribution in [0, 0.1) is 0 Å². The molecule has 7 nitrogen and oxygen atoms in total. The van der Waals surface area contributed by atoms with Gasteiger partial charge in [-0.15, -0.1) is 0 Å². The molecule has 7 heteroatoms. The minimum absolute atomic E-state index is 0.125. The summed E-state index contributed by atoms with van der Waals surface area (Å²) in [7, 11) is 0. The molecule has 0 spiro atoms. The van der Waals surface area contributed by atoms with E-state index in [9.17, 15) is 9.59 Å². The predicted molar refractivity (Wildman–Crippen MR) is 82.7 cm³/mol. The highest BCUT2D eigenvalue weighted by molar-refractivity contribution is 5.71. The number of carboxylic acids is 1. The van der Waals surface area contributed by atoms with E-state index in [4.69, 9.17) is 9.84 Å². The van der Waals surface area contributed by atoms with Gasteiger partial charge in [0.15, 0.2) is 0 Å². The zero-order valence-electron chi connectivity index (χ0n) is 12.8. The molecule has 2 N–H and O–H groups in total. The summed E-state index contributed by atoms with van der Waals surface area (Å²) in [4.78, 5) is 23.0. The molecule has 23 heavy (non-hydrogen) atoms. The number of ether oxygens (including phenoxy) is 1. The molecular weight excluding hydrogens is 298 g/mol. The summed E-state index contributed by atoms with van der Waals surface area (Å²) in [5.74, 6) is -1.01. The van der Waals surface area contributed by atoms with Gasteiger partial charge in [0.2, 0.25) is 0 Å². The highest BCUT2D eigenvalue weighted by Crippen LogP contribution is 2.17. The van der Waals surface area contributed by atoms with Gasteiger partial charge in [-0.05, 0) is 18.6 Å². The molecule has 0 saturated carbocycles. The molecule has 2 aromatic rings. The van der Waals surface area contributed by atoms with Crippen LogP contribution >= 0.6 is 0 Å². The number of nitrogens with one attached hydrogen (secondary N) is 1. The Labute approximate surface area is 133 Å². The van der Waals surface area contributed by atoms with Crippen LogP contribution in [0.15, 0.2) is 42.6 Å². The van der Waals surface area contributed by atoms with Crippen molar-refractivity contribution in [2.75, 3.05) is 0 Å². The highest BCUT2D eigenvalue weighted by Gasteiger charge is 2.22. The fourth-order valence-electron chi connectivity index (χ4n) is 2.21. The first-order valence-electron chi connectivity index (χ1n) is 7.31. The van der Waals surface area contributed by atoms with Crippen LogP contribution in [0.5, 0.6) is 0 Å². The number of nitrogens with zero attached hydrogens (tertiary/aromatic N) is 2. The number of hydrogen-bond donors (Lipinski definition) is 2. The van der Waals surface area contributed by atoms with Crippen molar-refractivity contribution < 1.29 is 19.4 Å². The molecule has 2 rings (SSSR count). The normalized spacial score (nSPS) is 11.7. The summed E-state index contributed by atoms with van der Waals surface area (Å²) < 4.78 is 6.78. The van der Waals surface area contributed by atoms with Gasteiger partial charge in [0.05, 0.1) is 18.2 Å². The second-order valence-corrected chi connectivity index (χ2v) is 4.93. The number of benzene rings is 1. The Morgan fingerprint density at radius 3 is 2.70 bits per heavy atom. The lowest BCUT2D eigenvalue weighted by Crippen LogP contribution is -2.32. The van der Waals surface area contributed by atoms with E-state index in [0.717, 1.165) is 5.56 Å². The largest absolute Gasteiger partial charge is 0.481 e. The van der Waals surface area contributed by atoms with Crippen LogP contribution in [0.1, 0.15) is 30.6 Å². The highest BCUT2D eigenvalue weighted by atomic mass is 16.5. The summed E-state index contributed by atoms with van der Waals surface area (Å²) >= 11 is 0. The second-order valence-electron chi connectivity index (χ2n) is 4.93. The number of carboxylic acid groups (broad SMARTS) is 1. The SMILES string of the molecule is CCn1nccc1C(CC(=O)O)NC(=O)OCc1ccccc1. The van der Waals surface area contributed by atoms with Crippen molar-refractivity contribution in [2.24, 2.45) is 0 Å². The molecule has 1 aromatic carbocycles. The van der Waals surface area contributed by atoms with E-state index >= 15 is 0 Å². The molecule has 0 radical (unpaired) electrons. The zero-order valence-corrected chi connectivity index (χ0v) is 12.8. The standard InChI is InChI=1S/C16H19N3O4/c1-2-19-14(8-9-17-19)13(10-15(20)21)18-16(22)23-11-12-6-4-3-5-7-12/h3-9,13H,2,10-11H2,1H3,(H,18,22)(H,20,21). The third kappa shape index (κ3) is 4.84. The molecule has 1 aromatic heterocycles. The van der Waals surface area contributed by atoms with E-state index in [1.165, 1.54) is 0 Å². The molecule has 122 valence electrons. The molecule has 0 aliphatic heterocycles. The summed E-state index contributed by atoms with van der Waals surface area (Å²) in [6.45, 7) is 2.60. The molecule has 1 unspecified atom stereocenters. The lowest BCUT2D eigenvalue weighted by Gasteiger charge is -2.18. The number of amides is 1. The van der Waals surface area contributed by atoms with E-state index in [2.05, 4.69) is 10.4 Å². The van der Waals surface area contributed by atoms with Crippen LogP contribution in [0.25, 0.3) is 0 Å². The van der Waals surface area contributed by atoms with Crippen molar-refractivity contribution in [3.8, 4) is 0 Å². The Morgan fingerprint density at radius 1 is 1.30 bits per heavy atom. The van der Waals surface area contributed by atoms with Gasteiger partial charge in [-0.2, -0.15) is 5.10 Å². The fraction of sp³-hybridized carbons (Fsp3) is 0.312. The van der Waals surface area contributed by atoms with E-state index < -0.39 is 18.1 Å². The Balaban J connectivity index is 2.00. The van der Waals surface area contributed by atoms with Crippen LogP contribution in [0.2, 0.25) is 0 Å². The average molecular weight is 317 g/mol. The van der Waals surface area contributed by atoms with Gasteiger partial charge in [0, 0.05) is 12.7 Å². The number of rotatable bonds is 7. The topological polar surface area (TPSA) is 93.5 Å². The molecule has 0 aliphatic rings. The Bertz CT molecular complexity index is 654. The third-order valence-corrected chi connectivity index (χ3v) is 3.29. The molecule has 1 amide bonds. The van der Waals surface area contributed by atoms with Gasteiger partial charge in [-0.25, -0.2) is 4.79 Å². The molecular formula is C16H19N3O4. The maximum absolute atomic E-state index is 11.9. The van der Waals surface area contributed by atoms with E-state index in [0.29, 0.717) is 12.2 Å². The molecule has 0 saturated heterocycles. The van der Waals surface area contributed by atoms with Gasteiger partial charge < -0.3 is 15.2 Å². The second kappa shape index (κ2) is 7.98. The molecule has 1 heterocycles. The maximum atomic E-state index is 11.9. The van der Waals surface area contributed by atoms with E-state index in [-0.39, 0.29) is 13.0 Å². The first-order chi connectivity index (χ1) is 11.1. The summed E-state index contributed by atoms with van der Waals surface area (Å²) in [6, 6.07) is 10.3. The molecule has 0 bridgehead atoms. The minimum Gasteiger partial charge on any atom is -0.481 e. The van der Waals surface area contributed by atoms with Gasteiger partial charge in [0.1, 0.15) is 6.61 Å². The molecule has 0 aliphatic carbocycles. The third-order valence-electron chi connectivity index (χ3n) is 3.29. The van der Waals surface area contributed by atoms with Crippen LogP contribution < -0.4 is 5.32 Å². The summed E-state index contributed by atoms with van der Waals surface area (Å²) in [5, 5.41) is 15.7. The Morgan fingerprint density at radius 2 is 2.04 bits per heavy atom. The van der Waals surface area contributed by atoms with Crippen molar-refractivity contribution in [3.63, 3.8) is 0 Å². The summed E-state index contributed by atoms with van der Waals surface area (Å²) in [5.41, 5.74) is 1.49. The lowest BCUT2D eigenvalue weighted by atomic mass is 10.1. The van der Waals surface area contributed by atoms with Crippen molar-refractivity contribution in [2.45, 2.75) is 32.5 Å². The number of aryl methyl sites for hydroxylation is 1. The first kappa shape index (κ1) is 16.5. The quantitative estimate of drug-likeness (QED) is 0.817. The molecule has 0 fully saturated rings. The number of alkyl carbamates (subject to hydrolysis) is 1. The number of carbonyl (C=O) groups excluding carboxylic acids is 1. The van der Waals surface area contributed by atoms with Crippen LogP contribution in [-0.2, 0) is 22.7 Å². The zero-order chi connectivity index (χ0) is 16.7. The number of hydrogen-bond acceptors (Lipinski definition) is 4. The van der Waals surface area contributed by atoms with E-state index in [1.807, 2.05) is 37.3 Å². The van der Waals surface area contributed by atoms with Crippen LogP contribution in [0.4, 0.5) is 4.79 Å².